The van der Waals surface area contributed by atoms with Crippen LogP contribution in [-0.4, -0.2) is 17.4 Å². The molecular formula is C10H14N2O2. The molecule has 0 aromatic carbocycles. The van der Waals surface area contributed by atoms with Crippen LogP contribution in [-0.2, 0) is 9.53 Å². The standard InChI is InChI=1S/C10H14N2O2/c11-8-6-7(9(12)13)10(14-8)4-2-1-3-5-10/h6,11H,1-5H2,(H2,12,13). The molecule has 4 heteroatoms. The van der Waals surface area contributed by atoms with E-state index in [1.54, 1.807) is 0 Å². The van der Waals surface area contributed by atoms with Crippen LogP contribution in [0.15, 0.2) is 11.6 Å². The fourth-order valence-electron chi connectivity index (χ4n) is 2.35. The van der Waals surface area contributed by atoms with E-state index in [4.69, 9.17) is 15.9 Å². The van der Waals surface area contributed by atoms with Crippen molar-refractivity contribution in [1.29, 1.82) is 5.41 Å². The molecule has 0 atom stereocenters. The molecule has 1 amide bonds. The van der Waals surface area contributed by atoms with E-state index >= 15 is 0 Å². The summed E-state index contributed by atoms with van der Waals surface area (Å²) < 4.78 is 5.45. The molecular weight excluding hydrogens is 180 g/mol. The van der Waals surface area contributed by atoms with Gasteiger partial charge in [-0.05, 0) is 25.7 Å². The average molecular weight is 194 g/mol. The molecule has 0 saturated heterocycles. The summed E-state index contributed by atoms with van der Waals surface area (Å²) in [6, 6.07) is 0. The summed E-state index contributed by atoms with van der Waals surface area (Å²) >= 11 is 0. The number of nitrogens with one attached hydrogen (secondary N) is 1. The van der Waals surface area contributed by atoms with E-state index in [-0.39, 0.29) is 5.90 Å². The minimum atomic E-state index is -0.554. The van der Waals surface area contributed by atoms with Crippen molar-refractivity contribution >= 4 is 11.8 Å². The molecule has 0 radical (unpaired) electrons. The molecule has 0 bridgehead atoms. The van der Waals surface area contributed by atoms with Crippen molar-refractivity contribution in [2.45, 2.75) is 37.7 Å². The van der Waals surface area contributed by atoms with Crippen molar-refractivity contribution in [2.24, 2.45) is 5.73 Å². The summed E-state index contributed by atoms with van der Waals surface area (Å²) in [5.74, 6) is -0.380. The number of hydrogen-bond donors (Lipinski definition) is 2. The lowest BCUT2D eigenvalue weighted by Gasteiger charge is -2.33. The second-order valence-corrected chi connectivity index (χ2v) is 3.94. The van der Waals surface area contributed by atoms with Crippen LogP contribution in [0.1, 0.15) is 32.1 Å². The van der Waals surface area contributed by atoms with Crippen LogP contribution >= 0.6 is 0 Å². The highest BCUT2D eigenvalue weighted by atomic mass is 16.5. The van der Waals surface area contributed by atoms with Crippen molar-refractivity contribution in [3.63, 3.8) is 0 Å². The van der Waals surface area contributed by atoms with Crippen LogP contribution in [0, 0.1) is 5.41 Å². The Morgan fingerprint density at radius 1 is 1.43 bits per heavy atom. The molecule has 1 heterocycles. The summed E-state index contributed by atoms with van der Waals surface area (Å²) in [7, 11) is 0. The number of primary amides is 1. The first-order valence-electron chi connectivity index (χ1n) is 4.94. The summed E-state index contributed by atoms with van der Waals surface area (Å²) in [5.41, 5.74) is 5.22. The van der Waals surface area contributed by atoms with E-state index in [1.807, 2.05) is 0 Å². The molecule has 1 aliphatic heterocycles. The lowest BCUT2D eigenvalue weighted by molar-refractivity contribution is -0.116. The van der Waals surface area contributed by atoms with E-state index in [0.717, 1.165) is 25.7 Å². The number of ether oxygens (including phenoxy) is 1. The molecule has 1 spiro atoms. The fraction of sp³-hybridized carbons (Fsp3) is 0.600. The maximum absolute atomic E-state index is 11.2. The summed E-state index contributed by atoms with van der Waals surface area (Å²) in [5, 5.41) is 7.43. The first kappa shape index (κ1) is 9.24. The van der Waals surface area contributed by atoms with Crippen LogP contribution < -0.4 is 5.73 Å². The highest BCUT2D eigenvalue weighted by Crippen LogP contribution is 2.40. The first-order valence-corrected chi connectivity index (χ1v) is 4.94. The third kappa shape index (κ3) is 1.31. The predicted octanol–water partition coefficient (Wildman–Crippen LogP) is 1.11. The maximum Gasteiger partial charge on any atom is 0.248 e. The summed E-state index contributed by atoms with van der Waals surface area (Å²) in [6.07, 6.45) is 6.34. The maximum atomic E-state index is 11.2. The number of carbonyl (C=O) groups excluding carboxylic acids is 1. The number of carbonyl (C=O) groups is 1. The molecule has 76 valence electrons. The van der Waals surface area contributed by atoms with Gasteiger partial charge in [-0.15, -0.1) is 0 Å². The Hall–Kier alpha value is -1.32. The Labute approximate surface area is 82.6 Å². The number of hydrogen-bond acceptors (Lipinski definition) is 3. The lowest BCUT2D eigenvalue weighted by Crippen LogP contribution is -2.39. The highest BCUT2D eigenvalue weighted by Gasteiger charge is 2.44. The Balaban J connectivity index is 2.30. The van der Waals surface area contributed by atoms with E-state index in [2.05, 4.69) is 0 Å². The molecule has 2 rings (SSSR count). The smallest absolute Gasteiger partial charge is 0.248 e. The van der Waals surface area contributed by atoms with Crippen LogP contribution in [0.3, 0.4) is 0 Å². The van der Waals surface area contributed by atoms with Gasteiger partial charge < -0.3 is 10.5 Å². The van der Waals surface area contributed by atoms with Crippen LogP contribution in [0.5, 0.6) is 0 Å². The van der Waals surface area contributed by atoms with Gasteiger partial charge in [0, 0.05) is 6.08 Å². The van der Waals surface area contributed by atoms with Crippen molar-refractivity contribution in [3.8, 4) is 0 Å². The topological polar surface area (TPSA) is 76.2 Å². The van der Waals surface area contributed by atoms with E-state index < -0.39 is 11.5 Å². The zero-order valence-corrected chi connectivity index (χ0v) is 8.01. The van der Waals surface area contributed by atoms with Crippen LogP contribution in [0.25, 0.3) is 0 Å². The quantitative estimate of drug-likeness (QED) is 0.656. The van der Waals surface area contributed by atoms with Gasteiger partial charge in [-0.1, -0.05) is 6.42 Å². The van der Waals surface area contributed by atoms with Gasteiger partial charge >= 0.3 is 0 Å². The largest absolute Gasteiger partial charge is 0.466 e. The van der Waals surface area contributed by atoms with Gasteiger partial charge in [0.1, 0.15) is 5.60 Å². The molecule has 3 N–H and O–H groups in total. The lowest BCUT2D eigenvalue weighted by atomic mass is 9.79. The molecule has 0 unspecified atom stereocenters. The van der Waals surface area contributed by atoms with E-state index in [9.17, 15) is 4.79 Å². The molecule has 1 saturated carbocycles. The molecule has 2 aliphatic rings. The van der Waals surface area contributed by atoms with E-state index in [1.165, 1.54) is 12.5 Å². The summed E-state index contributed by atoms with van der Waals surface area (Å²) in [4.78, 5) is 11.2. The molecule has 14 heavy (non-hydrogen) atoms. The van der Waals surface area contributed by atoms with Gasteiger partial charge in [-0.3, -0.25) is 10.2 Å². The fourth-order valence-corrected chi connectivity index (χ4v) is 2.35. The van der Waals surface area contributed by atoms with Gasteiger partial charge in [0.15, 0.2) is 0 Å². The second-order valence-electron chi connectivity index (χ2n) is 3.94. The zero-order chi connectivity index (χ0) is 10.2. The zero-order valence-electron chi connectivity index (χ0n) is 8.01. The Kier molecular flexibility index (Phi) is 2.06. The summed E-state index contributed by atoms with van der Waals surface area (Å²) in [6.45, 7) is 0. The van der Waals surface area contributed by atoms with Crippen molar-refractivity contribution in [3.05, 3.63) is 11.6 Å². The van der Waals surface area contributed by atoms with Crippen molar-refractivity contribution in [1.82, 2.24) is 0 Å². The molecule has 0 aromatic rings. The normalized spacial score (nSPS) is 24.6. The molecule has 1 aliphatic carbocycles. The van der Waals surface area contributed by atoms with Gasteiger partial charge in [-0.2, -0.15) is 0 Å². The monoisotopic (exact) mass is 194 g/mol. The molecule has 4 nitrogen and oxygen atoms in total. The Morgan fingerprint density at radius 2 is 2.07 bits per heavy atom. The van der Waals surface area contributed by atoms with Gasteiger partial charge in [0.05, 0.1) is 5.57 Å². The van der Waals surface area contributed by atoms with Gasteiger partial charge in [-0.25, -0.2) is 0 Å². The molecule has 0 aromatic heterocycles. The molecule has 1 fully saturated rings. The third-order valence-electron chi connectivity index (χ3n) is 3.00. The van der Waals surface area contributed by atoms with Crippen molar-refractivity contribution < 1.29 is 9.53 Å². The van der Waals surface area contributed by atoms with Crippen LogP contribution in [0.4, 0.5) is 0 Å². The minimum Gasteiger partial charge on any atom is -0.466 e. The number of rotatable bonds is 1. The third-order valence-corrected chi connectivity index (χ3v) is 3.00. The SMILES string of the molecule is N=C1C=C(C(N)=O)C2(CCCCC2)O1. The van der Waals surface area contributed by atoms with Crippen LogP contribution in [0.2, 0.25) is 0 Å². The first-order chi connectivity index (χ1) is 6.64. The van der Waals surface area contributed by atoms with Gasteiger partial charge in [0.2, 0.25) is 11.8 Å². The van der Waals surface area contributed by atoms with Gasteiger partial charge in [0.25, 0.3) is 0 Å². The minimum absolute atomic E-state index is 0.0701. The average Bonchev–Trinajstić information content (AvgIpc) is 2.44. The predicted molar refractivity (Wildman–Crippen MR) is 51.9 cm³/mol. The van der Waals surface area contributed by atoms with Crippen molar-refractivity contribution in [2.75, 3.05) is 0 Å². The second kappa shape index (κ2) is 3.12. The number of nitrogens with two attached hydrogens (primary N) is 1. The Bertz CT molecular complexity index is 314. The Morgan fingerprint density at radius 3 is 2.64 bits per heavy atom. The van der Waals surface area contributed by atoms with E-state index in [0.29, 0.717) is 5.57 Å². The number of amides is 1. The highest BCUT2D eigenvalue weighted by molar-refractivity contribution is 6.04.